The molecular weight excluding hydrogens is 809 g/mol. The van der Waals surface area contributed by atoms with Crippen molar-refractivity contribution < 1.29 is 28.9 Å². The van der Waals surface area contributed by atoms with E-state index in [1.807, 2.05) is 46.2 Å². The summed E-state index contributed by atoms with van der Waals surface area (Å²) in [5.41, 5.74) is 11.0. The molecule has 2 heterocycles. The Morgan fingerprint density at radius 2 is 1.11 bits per heavy atom. The Kier molecular flexibility index (Phi) is 11.6. The van der Waals surface area contributed by atoms with E-state index < -0.39 is 5.97 Å². The second-order valence-corrected chi connectivity index (χ2v) is 21.1. The predicted octanol–water partition coefficient (Wildman–Crippen LogP) is 11.9. The molecule has 2 amide bonds. The maximum Gasteiger partial charge on any atom is 0.336 e. The molecule has 1 atom stereocenters. The fraction of sp³-hybridized carbons (Fsp3) is 0.456. The molecule has 338 valence electrons. The van der Waals surface area contributed by atoms with Crippen LogP contribution in [0.1, 0.15) is 149 Å². The quantitative estimate of drug-likeness (QED) is 0.0394. The monoisotopic (exact) mass is 872 g/mol. The van der Waals surface area contributed by atoms with Gasteiger partial charge in [0.2, 0.25) is 11.8 Å². The molecule has 6 aliphatic rings. The average molecular weight is 873 g/mol. The molecule has 2 fully saturated rings. The topological polar surface area (TPSA) is 85.4 Å². The van der Waals surface area contributed by atoms with Crippen LogP contribution in [0.25, 0.3) is 12.2 Å². The van der Waals surface area contributed by atoms with Gasteiger partial charge in [-0.2, -0.15) is 4.89 Å². The molecule has 0 bridgehead atoms. The molecule has 2 aliphatic heterocycles. The number of ether oxygens (including phenoxy) is 1. The van der Waals surface area contributed by atoms with Crippen LogP contribution in [0.5, 0.6) is 11.5 Å². The third-order valence-corrected chi connectivity index (χ3v) is 15.7. The number of carbonyl (C=O) groups excluding carboxylic acids is 3. The molecule has 1 unspecified atom stereocenters. The van der Waals surface area contributed by atoms with E-state index in [1.165, 1.54) is 46.7 Å². The molecule has 8 nitrogen and oxygen atoms in total. The Morgan fingerprint density at radius 3 is 1.66 bits per heavy atom. The van der Waals surface area contributed by atoms with Gasteiger partial charge in [0, 0.05) is 47.8 Å². The van der Waals surface area contributed by atoms with Gasteiger partial charge in [0.25, 0.3) is 0 Å². The van der Waals surface area contributed by atoms with Gasteiger partial charge in [0.1, 0.15) is 12.4 Å². The summed E-state index contributed by atoms with van der Waals surface area (Å²) in [7, 11) is 0. The number of fused-ring (bicyclic) bond motifs is 6. The molecule has 8 heteroatoms. The van der Waals surface area contributed by atoms with Crippen LogP contribution in [-0.4, -0.2) is 37.5 Å². The highest BCUT2D eigenvalue weighted by Gasteiger charge is 2.56. The highest BCUT2D eigenvalue weighted by Crippen LogP contribution is 2.63. The van der Waals surface area contributed by atoms with Crippen molar-refractivity contribution in [2.24, 2.45) is 11.8 Å². The van der Waals surface area contributed by atoms with Crippen LogP contribution in [-0.2, 0) is 48.4 Å². The number of hydrogen-bond acceptors (Lipinski definition) is 6. The van der Waals surface area contributed by atoms with Crippen LogP contribution in [0.4, 0.5) is 11.4 Å². The van der Waals surface area contributed by atoms with E-state index in [-0.39, 0.29) is 40.6 Å². The van der Waals surface area contributed by atoms with Gasteiger partial charge in [0.05, 0.1) is 0 Å². The van der Waals surface area contributed by atoms with Gasteiger partial charge >= 0.3 is 5.97 Å². The fourth-order valence-electron chi connectivity index (χ4n) is 12.7. The van der Waals surface area contributed by atoms with Crippen molar-refractivity contribution in [1.29, 1.82) is 0 Å². The molecule has 4 aromatic rings. The van der Waals surface area contributed by atoms with Crippen molar-refractivity contribution in [2.45, 2.75) is 134 Å². The van der Waals surface area contributed by atoms with Gasteiger partial charge in [0.15, 0.2) is 5.75 Å². The molecule has 0 aromatic heterocycles. The Hall–Kier alpha value is -5.47. The fourth-order valence-corrected chi connectivity index (χ4v) is 12.7. The Bertz CT molecular complexity index is 2570. The van der Waals surface area contributed by atoms with E-state index in [4.69, 9.17) is 14.5 Å². The van der Waals surface area contributed by atoms with Gasteiger partial charge in [-0.15, -0.1) is 0 Å². The standard InChI is InChI=1S/C57H64N2O6/c1-55(2)36-57(48-34-44(20-22-46(48)55)64-52(60)26-19-39-18-25-51-43(33-39)28-30-59(51)54(62)41-15-9-6-10-16-41)37-56(3,4)47-23-21-45(35-49(47)57)65-63-31-11-12-38-17-24-50-42(32-38)27-29-58(50)53(61)40-13-7-5-8-14-40/h11-12,17-26,32-35,40-41H,5-10,13-16,27-31,36-37H2,1-4H3. The molecule has 2 saturated carbocycles. The molecule has 65 heavy (non-hydrogen) atoms. The summed E-state index contributed by atoms with van der Waals surface area (Å²) in [6.45, 7) is 11.0. The lowest BCUT2D eigenvalue weighted by atomic mass is 9.72. The van der Waals surface area contributed by atoms with Crippen molar-refractivity contribution in [3.8, 4) is 11.5 Å². The SMILES string of the molecule is CC1(C)CC2(CC(C)(C)c3ccc(OC(=O)C=Cc4ccc5c(c4)CCN5C(=O)C4CCCCC4)cc32)c2cc(OOCC=Cc3ccc4c(c3)CCN4C(=O)C3CCCCC3)ccc21. The Morgan fingerprint density at radius 1 is 0.600 bits per heavy atom. The number of amides is 2. The number of carbonyl (C=O) groups is 3. The maximum atomic E-state index is 13.4. The molecule has 10 rings (SSSR count). The van der Waals surface area contributed by atoms with Gasteiger partial charge in [-0.25, -0.2) is 4.79 Å². The van der Waals surface area contributed by atoms with Gasteiger partial charge in [-0.3, -0.25) is 9.59 Å². The van der Waals surface area contributed by atoms with Crippen molar-refractivity contribution in [1.82, 2.24) is 0 Å². The summed E-state index contributed by atoms with van der Waals surface area (Å²) < 4.78 is 6.03. The minimum atomic E-state index is -0.427. The summed E-state index contributed by atoms with van der Waals surface area (Å²) in [6.07, 6.45) is 22.0. The lowest BCUT2D eigenvalue weighted by Crippen LogP contribution is -2.35. The van der Waals surface area contributed by atoms with Crippen molar-refractivity contribution in [3.05, 3.63) is 129 Å². The molecule has 1 spiro atoms. The van der Waals surface area contributed by atoms with Crippen LogP contribution < -0.4 is 19.4 Å². The lowest BCUT2D eigenvalue weighted by molar-refractivity contribution is -0.195. The molecule has 0 N–H and O–H groups in total. The van der Waals surface area contributed by atoms with E-state index in [0.717, 1.165) is 118 Å². The van der Waals surface area contributed by atoms with E-state index in [0.29, 0.717) is 17.4 Å². The van der Waals surface area contributed by atoms with Crippen molar-refractivity contribution in [2.75, 3.05) is 29.5 Å². The van der Waals surface area contributed by atoms with Gasteiger partial charge < -0.3 is 19.4 Å². The van der Waals surface area contributed by atoms with E-state index >= 15 is 0 Å². The van der Waals surface area contributed by atoms with Crippen LogP contribution in [0.15, 0.2) is 84.9 Å². The molecule has 4 aliphatic carbocycles. The molecule has 0 radical (unpaired) electrons. The number of rotatable bonds is 10. The first-order chi connectivity index (χ1) is 31.4. The first-order valence-corrected chi connectivity index (χ1v) is 24.4. The number of hydrogen-bond donors (Lipinski definition) is 0. The Balaban J connectivity index is 0.798. The minimum Gasteiger partial charge on any atom is -0.423 e. The molecule has 0 saturated heterocycles. The predicted molar refractivity (Wildman–Crippen MR) is 257 cm³/mol. The zero-order valence-corrected chi connectivity index (χ0v) is 38.8. The summed E-state index contributed by atoms with van der Waals surface area (Å²) in [6, 6.07) is 25.0. The summed E-state index contributed by atoms with van der Waals surface area (Å²) in [5.74, 6) is 1.65. The van der Waals surface area contributed by atoms with Crippen LogP contribution in [0.3, 0.4) is 0 Å². The number of esters is 1. The minimum absolute atomic E-state index is 0.0866. The average Bonchev–Trinajstić information content (AvgIpc) is 4.04. The number of anilines is 2. The van der Waals surface area contributed by atoms with Gasteiger partial charge in [-0.1, -0.05) is 103 Å². The van der Waals surface area contributed by atoms with E-state index in [2.05, 4.69) is 82.3 Å². The van der Waals surface area contributed by atoms with E-state index in [9.17, 15) is 14.4 Å². The molecule has 4 aromatic carbocycles. The zero-order chi connectivity index (χ0) is 44.9. The van der Waals surface area contributed by atoms with Crippen LogP contribution >= 0.6 is 0 Å². The smallest absolute Gasteiger partial charge is 0.336 e. The lowest BCUT2D eigenvalue weighted by Gasteiger charge is -2.30. The second-order valence-electron chi connectivity index (χ2n) is 21.1. The largest absolute Gasteiger partial charge is 0.423 e. The molecular formula is C57H64N2O6. The number of nitrogens with zero attached hydrogens (tertiary/aromatic N) is 2. The van der Waals surface area contributed by atoms with Gasteiger partial charge in [-0.05, 0) is 161 Å². The van der Waals surface area contributed by atoms with Crippen LogP contribution in [0, 0.1) is 11.8 Å². The van der Waals surface area contributed by atoms with E-state index in [1.54, 1.807) is 0 Å². The third kappa shape index (κ3) is 8.37. The Labute approximate surface area is 385 Å². The first kappa shape index (κ1) is 43.4. The normalized spacial score (nSPS) is 22.1. The first-order valence-electron chi connectivity index (χ1n) is 24.4. The highest BCUT2D eigenvalue weighted by molar-refractivity contribution is 5.98. The second kappa shape index (κ2) is 17.4. The maximum absolute atomic E-state index is 13.4. The zero-order valence-electron chi connectivity index (χ0n) is 38.8. The van der Waals surface area contributed by atoms with Crippen molar-refractivity contribution in [3.63, 3.8) is 0 Å². The van der Waals surface area contributed by atoms with Crippen LogP contribution in [0.2, 0.25) is 0 Å². The number of benzene rings is 4. The summed E-state index contributed by atoms with van der Waals surface area (Å²) >= 11 is 0. The summed E-state index contributed by atoms with van der Waals surface area (Å²) in [5, 5.41) is 0. The summed E-state index contributed by atoms with van der Waals surface area (Å²) in [4.78, 5) is 55.7. The highest BCUT2D eigenvalue weighted by atomic mass is 17.2. The van der Waals surface area contributed by atoms with Crippen molar-refractivity contribution >= 4 is 41.3 Å². The third-order valence-electron chi connectivity index (χ3n) is 15.7.